The van der Waals surface area contributed by atoms with Gasteiger partial charge in [0, 0.05) is 11.5 Å². The summed E-state index contributed by atoms with van der Waals surface area (Å²) in [6, 6.07) is 13.4. The summed E-state index contributed by atoms with van der Waals surface area (Å²) in [6.45, 7) is 13.4. The molecule has 3 rings (SSSR count). The number of carbonyl (C=O) groups is 1. The van der Waals surface area contributed by atoms with Crippen LogP contribution in [0.3, 0.4) is 0 Å². The molecule has 0 heterocycles. The molecule has 1 saturated carbocycles. The van der Waals surface area contributed by atoms with E-state index in [2.05, 4.69) is 77.9 Å². The highest BCUT2D eigenvalue weighted by atomic mass is 16.1. The van der Waals surface area contributed by atoms with Gasteiger partial charge in [-0.05, 0) is 91.5 Å². The minimum atomic E-state index is -0.0585. The van der Waals surface area contributed by atoms with Gasteiger partial charge in [0.05, 0.1) is 0 Å². The molecule has 1 aliphatic carbocycles. The first kappa shape index (κ1) is 24.7. The minimum Gasteiger partial charge on any atom is -0.293 e. The highest BCUT2D eigenvalue weighted by molar-refractivity contribution is 6.02. The number of hydrogen-bond donors (Lipinski definition) is 0. The maximum absolute atomic E-state index is 13.6. The minimum absolute atomic E-state index is 0.0585. The second-order valence-corrected chi connectivity index (χ2v) is 10.3. The molecule has 0 N–H and O–H groups in total. The maximum Gasteiger partial charge on any atom is 0.170 e. The Bertz CT molecular complexity index is 909. The van der Waals surface area contributed by atoms with Gasteiger partial charge in [0.25, 0.3) is 0 Å². The third kappa shape index (κ3) is 5.53. The van der Waals surface area contributed by atoms with Crippen molar-refractivity contribution in [2.45, 2.75) is 111 Å². The molecule has 1 aliphatic rings. The zero-order valence-electron chi connectivity index (χ0n) is 21.3. The van der Waals surface area contributed by atoms with Crippen LogP contribution in [-0.4, -0.2) is 5.78 Å². The molecule has 0 amide bonds. The maximum atomic E-state index is 13.6. The van der Waals surface area contributed by atoms with Gasteiger partial charge < -0.3 is 0 Å². The second-order valence-electron chi connectivity index (χ2n) is 10.3. The van der Waals surface area contributed by atoms with Crippen LogP contribution in [0.1, 0.15) is 135 Å². The summed E-state index contributed by atoms with van der Waals surface area (Å²) in [5, 5.41) is 0. The average Bonchev–Trinajstić information content (AvgIpc) is 3.26. The van der Waals surface area contributed by atoms with Crippen molar-refractivity contribution >= 4 is 5.78 Å². The van der Waals surface area contributed by atoms with Gasteiger partial charge in [-0.15, -0.1) is 0 Å². The van der Waals surface area contributed by atoms with E-state index in [0.29, 0.717) is 11.8 Å². The van der Waals surface area contributed by atoms with Gasteiger partial charge in [0.2, 0.25) is 0 Å². The van der Waals surface area contributed by atoms with Gasteiger partial charge in [-0.25, -0.2) is 0 Å². The molecule has 0 spiro atoms. The van der Waals surface area contributed by atoms with Gasteiger partial charge in [0.15, 0.2) is 5.78 Å². The number of rotatable bonds is 10. The van der Waals surface area contributed by atoms with Crippen molar-refractivity contribution in [2.75, 3.05) is 0 Å². The third-order valence-electron chi connectivity index (χ3n) is 8.06. The highest BCUT2D eigenvalue weighted by Gasteiger charge is 2.27. The van der Waals surface area contributed by atoms with Crippen LogP contribution in [0.15, 0.2) is 36.4 Å². The molecule has 1 fully saturated rings. The Morgan fingerprint density at radius 3 is 2.28 bits per heavy atom. The van der Waals surface area contributed by atoms with Gasteiger partial charge >= 0.3 is 0 Å². The highest BCUT2D eigenvalue weighted by Crippen LogP contribution is 2.41. The molecule has 4 unspecified atom stereocenters. The second kappa shape index (κ2) is 11.3. The molecule has 2 aromatic rings. The monoisotopic (exact) mass is 432 g/mol. The fourth-order valence-electron chi connectivity index (χ4n) is 5.81. The van der Waals surface area contributed by atoms with Crippen LogP contribution in [0, 0.1) is 19.8 Å². The molecule has 1 heteroatoms. The predicted octanol–water partition coefficient (Wildman–Crippen LogP) is 9.27. The van der Waals surface area contributed by atoms with Crippen molar-refractivity contribution in [1.29, 1.82) is 0 Å². The molecule has 0 bridgehead atoms. The van der Waals surface area contributed by atoms with E-state index in [4.69, 9.17) is 0 Å². The molecular formula is C31H44O. The zero-order chi connectivity index (χ0) is 23.3. The van der Waals surface area contributed by atoms with Crippen LogP contribution in [0.25, 0.3) is 0 Å². The summed E-state index contributed by atoms with van der Waals surface area (Å²) in [7, 11) is 0. The quantitative estimate of drug-likeness (QED) is 0.342. The Balaban J connectivity index is 1.79. The van der Waals surface area contributed by atoms with E-state index in [1.54, 1.807) is 0 Å². The Labute approximate surface area is 197 Å². The number of Topliss-reactive ketones (excluding diaryl/α,β-unsaturated/α-hetero) is 1. The number of unbranched alkanes of at least 4 members (excludes halogenated alkanes) is 1. The van der Waals surface area contributed by atoms with Crippen molar-refractivity contribution in [1.82, 2.24) is 0 Å². The van der Waals surface area contributed by atoms with E-state index >= 15 is 0 Å². The van der Waals surface area contributed by atoms with Gasteiger partial charge in [-0.3, -0.25) is 4.79 Å². The topological polar surface area (TPSA) is 17.1 Å². The lowest BCUT2D eigenvalue weighted by molar-refractivity contribution is 0.0956. The Kier molecular flexibility index (Phi) is 8.74. The first-order valence-corrected chi connectivity index (χ1v) is 13.1. The molecular weight excluding hydrogens is 388 g/mol. The van der Waals surface area contributed by atoms with E-state index in [9.17, 15) is 4.79 Å². The predicted molar refractivity (Wildman–Crippen MR) is 138 cm³/mol. The number of carbonyl (C=O) groups excluding carboxylic acids is 1. The van der Waals surface area contributed by atoms with Crippen LogP contribution in [0.2, 0.25) is 0 Å². The van der Waals surface area contributed by atoms with Crippen molar-refractivity contribution in [3.05, 3.63) is 69.8 Å². The van der Waals surface area contributed by atoms with Crippen molar-refractivity contribution in [2.24, 2.45) is 5.92 Å². The van der Waals surface area contributed by atoms with Crippen LogP contribution >= 0.6 is 0 Å². The third-order valence-corrected chi connectivity index (χ3v) is 8.06. The van der Waals surface area contributed by atoms with Crippen LogP contribution in [0.5, 0.6) is 0 Å². The largest absolute Gasteiger partial charge is 0.293 e. The lowest BCUT2D eigenvalue weighted by atomic mass is 9.83. The number of hydrogen-bond acceptors (Lipinski definition) is 1. The van der Waals surface area contributed by atoms with Crippen molar-refractivity contribution in [3.8, 4) is 0 Å². The molecule has 1 nitrogen and oxygen atoms in total. The molecule has 4 atom stereocenters. The molecule has 32 heavy (non-hydrogen) atoms. The van der Waals surface area contributed by atoms with E-state index < -0.39 is 0 Å². The van der Waals surface area contributed by atoms with E-state index in [1.165, 1.54) is 67.2 Å². The summed E-state index contributed by atoms with van der Waals surface area (Å²) < 4.78 is 0. The Morgan fingerprint density at radius 1 is 0.969 bits per heavy atom. The molecule has 174 valence electrons. The number of benzene rings is 2. The molecule has 2 aromatic carbocycles. The number of aryl methyl sites for hydroxylation is 2. The van der Waals surface area contributed by atoms with Gasteiger partial charge in [-0.2, -0.15) is 0 Å². The first-order chi connectivity index (χ1) is 15.4. The normalized spacial score (nSPS) is 20.3. The van der Waals surface area contributed by atoms with Crippen molar-refractivity contribution in [3.63, 3.8) is 0 Å². The molecule has 0 saturated heterocycles. The average molecular weight is 433 g/mol. The summed E-state index contributed by atoms with van der Waals surface area (Å²) in [5.41, 5.74) is 7.44. The smallest absolute Gasteiger partial charge is 0.170 e. The van der Waals surface area contributed by atoms with E-state index in [0.717, 1.165) is 23.5 Å². The lowest BCUT2D eigenvalue weighted by Gasteiger charge is -2.20. The SMILES string of the molecule is CCCCC(C)c1ccc(C(=O)C(CC)c2ccc(C3CCC(CC)C3)c(C)c2)c(C)c1. The van der Waals surface area contributed by atoms with Gasteiger partial charge in [-0.1, -0.05) is 83.4 Å². The zero-order valence-corrected chi connectivity index (χ0v) is 21.3. The van der Waals surface area contributed by atoms with Crippen molar-refractivity contribution < 1.29 is 4.79 Å². The summed E-state index contributed by atoms with van der Waals surface area (Å²) >= 11 is 0. The fraction of sp³-hybridized carbons (Fsp3) is 0.581. The summed E-state index contributed by atoms with van der Waals surface area (Å²) in [4.78, 5) is 13.6. The molecule has 0 aromatic heterocycles. The lowest BCUT2D eigenvalue weighted by Crippen LogP contribution is -2.14. The first-order valence-electron chi connectivity index (χ1n) is 13.1. The number of ketones is 1. The summed E-state index contributed by atoms with van der Waals surface area (Å²) in [6.07, 6.45) is 9.86. The Hall–Kier alpha value is -1.89. The van der Waals surface area contributed by atoms with E-state index in [1.807, 2.05) is 0 Å². The molecule has 0 radical (unpaired) electrons. The fourth-order valence-corrected chi connectivity index (χ4v) is 5.81. The van der Waals surface area contributed by atoms with Gasteiger partial charge in [0.1, 0.15) is 0 Å². The van der Waals surface area contributed by atoms with E-state index in [-0.39, 0.29) is 11.7 Å². The summed E-state index contributed by atoms with van der Waals surface area (Å²) in [5.74, 6) is 2.36. The molecule has 0 aliphatic heterocycles. The standard InChI is InChI=1S/C31H44O/c1-7-10-11-21(4)25-14-17-30(23(6)18-25)31(32)28(9-3)26-15-16-29(22(5)19-26)27-13-12-24(8-2)20-27/h14-19,21,24,27-28H,7-13,20H2,1-6H3. The Morgan fingerprint density at radius 2 is 1.69 bits per heavy atom. The van der Waals surface area contributed by atoms with Crippen LogP contribution < -0.4 is 0 Å². The van der Waals surface area contributed by atoms with Crippen LogP contribution in [0.4, 0.5) is 0 Å². The van der Waals surface area contributed by atoms with Crippen LogP contribution in [-0.2, 0) is 0 Å².